The van der Waals surface area contributed by atoms with Gasteiger partial charge in [-0.15, -0.1) is 11.8 Å². The zero-order chi connectivity index (χ0) is 16.0. The van der Waals surface area contributed by atoms with Crippen molar-refractivity contribution in [2.45, 2.75) is 50.7 Å². The Morgan fingerprint density at radius 3 is 2.68 bits per heavy atom. The summed E-state index contributed by atoms with van der Waals surface area (Å²) in [4.78, 5) is 9.23. The minimum Gasteiger partial charge on any atom is -0.322 e. The Balaban J connectivity index is 2.05. The molecule has 8 heteroatoms. The van der Waals surface area contributed by atoms with E-state index >= 15 is 0 Å². The molecule has 0 aromatic carbocycles. The summed E-state index contributed by atoms with van der Waals surface area (Å²) >= 11 is 8.88. The van der Waals surface area contributed by atoms with Gasteiger partial charge in [0.2, 0.25) is 5.69 Å². The topological polar surface area (TPSA) is 44.2 Å². The summed E-state index contributed by atoms with van der Waals surface area (Å²) in [6.45, 7) is 5.08. The zero-order valence-electron chi connectivity index (χ0n) is 13.3. The van der Waals surface area contributed by atoms with Crippen LogP contribution in [0.1, 0.15) is 50.5 Å². The molecule has 1 heterocycles. The minimum absolute atomic E-state index is 0.407. The second-order valence-corrected chi connectivity index (χ2v) is 12.3. The first-order chi connectivity index (χ1) is 10.6. The molecule has 2 rings (SSSR count). The van der Waals surface area contributed by atoms with Gasteiger partial charge in [-0.25, -0.2) is 9.97 Å². The summed E-state index contributed by atoms with van der Waals surface area (Å²) in [5.74, 6) is 2.45. The van der Waals surface area contributed by atoms with Gasteiger partial charge in [-0.1, -0.05) is 18.3 Å². The standard InChI is InChI=1S/C14H23N2O2PS3/c1-4-8-22-19(20,17-5-2)18-10-12-9-13(21-3)16-14(15-12)11-6-7-11/h9,11H,4-8,10H2,1-3H3/t19-/m0/s1. The fourth-order valence-corrected chi connectivity index (χ4v) is 6.77. The summed E-state index contributed by atoms with van der Waals surface area (Å²) in [7, 11) is 0. The maximum Gasteiger partial charge on any atom is 0.247 e. The monoisotopic (exact) mass is 378 g/mol. The van der Waals surface area contributed by atoms with Crippen LogP contribution in [0.4, 0.5) is 0 Å². The molecule has 1 fully saturated rings. The minimum atomic E-state index is -2.27. The van der Waals surface area contributed by atoms with E-state index in [9.17, 15) is 0 Å². The number of hydrogen-bond donors (Lipinski definition) is 0. The molecule has 0 bridgehead atoms. The molecule has 22 heavy (non-hydrogen) atoms. The number of thioether (sulfide) groups is 1. The maximum atomic E-state index is 5.98. The SMILES string of the molecule is CCCS[P@@](=S)(OCC)OCc1cc(SC)nc(C2CC2)n1. The zero-order valence-corrected chi connectivity index (χ0v) is 16.6. The van der Waals surface area contributed by atoms with Gasteiger partial charge in [0.05, 0.1) is 23.9 Å². The van der Waals surface area contributed by atoms with Crippen LogP contribution < -0.4 is 0 Å². The van der Waals surface area contributed by atoms with Crippen LogP contribution in [0.15, 0.2) is 11.1 Å². The molecular weight excluding hydrogens is 355 g/mol. The highest BCUT2D eigenvalue weighted by Crippen LogP contribution is 2.61. The summed E-state index contributed by atoms with van der Waals surface area (Å²) in [6.07, 6.45) is 5.49. The van der Waals surface area contributed by atoms with Crippen molar-refractivity contribution in [3.8, 4) is 0 Å². The van der Waals surface area contributed by atoms with E-state index in [1.54, 1.807) is 23.1 Å². The predicted octanol–water partition coefficient (Wildman–Crippen LogP) is 5.00. The predicted molar refractivity (Wildman–Crippen MR) is 99.2 cm³/mol. The van der Waals surface area contributed by atoms with Gasteiger partial charge < -0.3 is 9.05 Å². The highest BCUT2D eigenvalue weighted by Gasteiger charge is 2.27. The molecule has 1 aromatic rings. The molecule has 4 nitrogen and oxygen atoms in total. The van der Waals surface area contributed by atoms with Crippen molar-refractivity contribution in [1.82, 2.24) is 9.97 Å². The van der Waals surface area contributed by atoms with Gasteiger partial charge in [-0.2, -0.15) is 0 Å². The van der Waals surface area contributed by atoms with Crippen LogP contribution in [-0.4, -0.2) is 28.6 Å². The maximum absolute atomic E-state index is 5.98. The second kappa shape index (κ2) is 9.00. The van der Waals surface area contributed by atoms with Crippen molar-refractivity contribution >= 4 is 40.6 Å². The first-order valence-corrected chi connectivity index (χ1v) is 13.0. The summed E-state index contributed by atoms with van der Waals surface area (Å²) in [5.41, 5.74) is -1.36. The van der Waals surface area contributed by atoms with E-state index in [2.05, 4.69) is 16.9 Å². The van der Waals surface area contributed by atoms with Gasteiger partial charge in [0, 0.05) is 11.7 Å². The average molecular weight is 379 g/mol. The third kappa shape index (κ3) is 5.77. The van der Waals surface area contributed by atoms with Crippen molar-refractivity contribution in [2.75, 3.05) is 18.6 Å². The van der Waals surface area contributed by atoms with Gasteiger partial charge in [-0.05, 0) is 50.3 Å². The molecule has 1 saturated carbocycles. The molecule has 0 amide bonds. The fourth-order valence-electron chi connectivity index (χ4n) is 1.81. The Bertz CT molecular complexity index is 541. The molecular formula is C14H23N2O2PS3. The van der Waals surface area contributed by atoms with Crippen LogP contribution in [0.2, 0.25) is 0 Å². The van der Waals surface area contributed by atoms with E-state index in [1.165, 1.54) is 12.8 Å². The lowest BCUT2D eigenvalue weighted by Gasteiger charge is -2.20. The van der Waals surface area contributed by atoms with Crippen LogP contribution in [0.5, 0.6) is 0 Å². The number of nitrogens with zero attached hydrogens (tertiary/aromatic N) is 2. The molecule has 124 valence electrons. The molecule has 1 aliphatic rings. The van der Waals surface area contributed by atoms with Crippen molar-refractivity contribution in [2.24, 2.45) is 0 Å². The largest absolute Gasteiger partial charge is 0.322 e. The quantitative estimate of drug-likeness (QED) is 0.322. The first-order valence-electron chi connectivity index (χ1n) is 7.55. The molecule has 1 aliphatic carbocycles. The Kier molecular flexibility index (Phi) is 7.64. The average Bonchev–Trinajstić information content (AvgIpc) is 3.36. The highest BCUT2D eigenvalue weighted by atomic mass is 32.9. The first kappa shape index (κ1) is 18.7. The Hall–Kier alpha value is 0.350. The number of aromatic nitrogens is 2. The lowest BCUT2D eigenvalue weighted by Crippen LogP contribution is -2.02. The van der Waals surface area contributed by atoms with Crippen LogP contribution in [-0.2, 0) is 27.5 Å². The Morgan fingerprint density at radius 2 is 2.09 bits per heavy atom. The van der Waals surface area contributed by atoms with Crippen LogP contribution in [0.3, 0.4) is 0 Å². The number of rotatable bonds is 10. The summed E-state index contributed by atoms with van der Waals surface area (Å²) in [6, 6.07) is 1.99. The van der Waals surface area contributed by atoms with Gasteiger partial charge in [0.25, 0.3) is 0 Å². The Labute approximate surface area is 146 Å². The molecule has 1 atom stereocenters. The number of hydrogen-bond acceptors (Lipinski definition) is 7. The van der Waals surface area contributed by atoms with Crippen molar-refractivity contribution < 1.29 is 9.05 Å². The van der Waals surface area contributed by atoms with E-state index in [0.717, 1.165) is 28.7 Å². The molecule has 0 radical (unpaired) electrons. The lowest BCUT2D eigenvalue weighted by molar-refractivity contribution is 0.258. The van der Waals surface area contributed by atoms with Crippen LogP contribution in [0, 0.1) is 0 Å². The highest BCUT2D eigenvalue weighted by molar-refractivity contribution is 8.67. The van der Waals surface area contributed by atoms with Crippen molar-refractivity contribution in [1.29, 1.82) is 0 Å². The van der Waals surface area contributed by atoms with Crippen LogP contribution >= 0.6 is 28.8 Å². The van der Waals surface area contributed by atoms with Gasteiger partial charge >= 0.3 is 0 Å². The van der Waals surface area contributed by atoms with E-state index in [-0.39, 0.29) is 0 Å². The van der Waals surface area contributed by atoms with E-state index in [1.807, 2.05) is 19.2 Å². The summed E-state index contributed by atoms with van der Waals surface area (Å²) < 4.78 is 11.7. The van der Waals surface area contributed by atoms with E-state index in [0.29, 0.717) is 19.1 Å². The van der Waals surface area contributed by atoms with Crippen molar-refractivity contribution in [3.63, 3.8) is 0 Å². The molecule has 1 aromatic heterocycles. The van der Waals surface area contributed by atoms with Crippen LogP contribution in [0.25, 0.3) is 0 Å². The normalized spacial score (nSPS) is 17.4. The van der Waals surface area contributed by atoms with Gasteiger partial charge in [0.15, 0.2) is 0 Å². The molecule has 0 spiro atoms. The van der Waals surface area contributed by atoms with Crippen molar-refractivity contribution in [3.05, 3.63) is 17.6 Å². The third-order valence-corrected chi connectivity index (χ3v) is 9.30. The van der Waals surface area contributed by atoms with Gasteiger partial charge in [-0.3, -0.25) is 0 Å². The third-order valence-electron chi connectivity index (χ3n) is 3.04. The smallest absolute Gasteiger partial charge is 0.247 e. The molecule has 0 aliphatic heterocycles. The molecule has 0 saturated heterocycles. The second-order valence-electron chi connectivity index (χ2n) is 5.01. The molecule has 0 N–H and O–H groups in total. The van der Waals surface area contributed by atoms with Gasteiger partial charge in [0.1, 0.15) is 5.82 Å². The van der Waals surface area contributed by atoms with E-state index in [4.69, 9.17) is 20.9 Å². The fraction of sp³-hybridized carbons (Fsp3) is 0.714. The summed E-state index contributed by atoms with van der Waals surface area (Å²) in [5, 5.41) is 1.00. The van der Waals surface area contributed by atoms with E-state index < -0.39 is 5.69 Å². The lowest BCUT2D eigenvalue weighted by atomic mass is 10.3. The molecule has 0 unspecified atom stereocenters. The Morgan fingerprint density at radius 1 is 1.32 bits per heavy atom.